The molecule has 11 heteroatoms. The molecular formula is C34H47N4O7-. The normalized spacial score (nSPS) is 11.6. The molecule has 1 atom stereocenters. The molecule has 5 amide bonds. The number of unbranched alkanes of at least 4 members (excludes halogenated alkanes) is 2. The van der Waals surface area contributed by atoms with Crippen LogP contribution in [0.1, 0.15) is 82.4 Å². The van der Waals surface area contributed by atoms with E-state index in [1.54, 1.807) is 20.8 Å². The SMILES string of the molecule is CC(C)(C)OC(=O)NCCCC[C@H](NC(=O)[O-])C(=O)NCCCC(=O)NC(=O)Cc1ccc(CCCCc2ccccc2)cc1. The number of alkyl carbamates (subject to hydrolysis) is 1. The van der Waals surface area contributed by atoms with Gasteiger partial charge in [-0.2, -0.15) is 0 Å². The Labute approximate surface area is 265 Å². The Bertz CT molecular complexity index is 1230. The van der Waals surface area contributed by atoms with Gasteiger partial charge in [0.1, 0.15) is 17.7 Å². The number of hydrogen-bond acceptors (Lipinski definition) is 7. The summed E-state index contributed by atoms with van der Waals surface area (Å²) in [6.45, 7) is 5.69. The van der Waals surface area contributed by atoms with E-state index in [-0.39, 0.29) is 32.2 Å². The first-order chi connectivity index (χ1) is 21.4. The van der Waals surface area contributed by atoms with Crippen LogP contribution in [0.2, 0.25) is 0 Å². The van der Waals surface area contributed by atoms with Crippen LogP contribution in [0.5, 0.6) is 0 Å². The summed E-state index contributed by atoms with van der Waals surface area (Å²) in [4.78, 5) is 59.7. The van der Waals surface area contributed by atoms with Gasteiger partial charge in [0, 0.05) is 19.5 Å². The van der Waals surface area contributed by atoms with Crippen molar-refractivity contribution in [3.8, 4) is 0 Å². The van der Waals surface area contributed by atoms with Crippen LogP contribution in [0.25, 0.3) is 0 Å². The van der Waals surface area contributed by atoms with Crippen molar-refractivity contribution in [3.05, 3.63) is 71.3 Å². The quantitative estimate of drug-likeness (QED) is 0.185. The van der Waals surface area contributed by atoms with Crippen LogP contribution in [0.15, 0.2) is 54.6 Å². The van der Waals surface area contributed by atoms with E-state index in [2.05, 4.69) is 45.5 Å². The molecule has 0 bridgehead atoms. The summed E-state index contributed by atoms with van der Waals surface area (Å²) in [6, 6.07) is 17.2. The first kappa shape index (κ1) is 36.8. The maximum Gasteiger partial charge on any atom is 0.407 e. The fraction of sp³-hybridized carbons (Fsp3) is 0.500. The lowest BCUT2D eigenvalue weighted by Gasteiger charge is -2.20. The van der Waals surface area contributed by atoms with Crippen molar-refractivity contribution in [3.63, 3.8) is 0 Å². The zero-order valence-electron chi connectivity index (χ0n) is 26.6. The highest BCUT2D eigenvalue weighted by molar-refractivity contribution is 5.96. The molecule has 4 N–H and O–H groups in total. The Kier molecular flexibility index (Phi) is 16.2. The number of carbonyl (C=O) groups is 5. The second-order valence-electron chi connectivity index (χ2n) is 12.0. The molecule has 11 nitrogen and oxygen atoms in total. The first-order valence-corrected chi connectivity index (χ1v) is 15.6. The fourth-order valence-electron chi connectivity index (χ4n) is 4.55. The molecule has 0 radical (unpaired) electrons. The van der Waals surface area contributed by atoms with Crippen LogP contribution >= 0.6 is 0 Å². The Morgan fingerprint density at radius 2 is 1.33 bits per heavy atom. The number of ether oxygens (including phenoxy) is 1. The molecule has 0 saturated carbocycles. The summed E-state index contributed by atoms with van der Waals surface area (Å²) >= 11 is 0. The van der Waals surface area contributed by atoms with Crippen molar-refractivity contribution < 1.29 is 33.8 Å². The number of imide groups is 1. The third-order valence-corrected chi connectivity index (χ3v) is 6.77. The Balaban J connectivity index is 1.61. The van der Waals surface area contributed by atoms with Gasteiger partial charge in [-0.05, 0) is 88.8 Å². The molecule has 2 aromatic rings. The molecule has 246 valence electrons. The molecule has 0 heterocycles. The summed E-state index contributed by atoms with van der Waals surface area (Å²) in [6.07, 6.45) is 3.59. The van der Waals surface area contributed by atoms with Gasteiger partial charge in [0.25, 0.3) is 0 Å². The summed E-state index contributed by atoms with van der Waals surface area (Å²) in [7, 11) is 0. The summed E-state index contributed by atoms with van der Waals surface area (Å²) in [5.41, 5.74) is 2.75. The fourth-order valence-corrected chi connectivity index (χ4v) is 4.55. The topological polar surface area (TPSA) is 166 Å². The summed E-state index contributed by atoms with van der Waals surface area (Å²) < 4.78 is 5.14. The summed E-state index contributed by atoms with van der Waals surface area (Å²) in [5, 5.41) is 20.7. The standard InChI is InChI=1S/C34H48N4O7/c1-34(2,3)45-33(44)36-22-10-9-16-28(37-32(42)43)31(41)35-23-11-17-29(39)38-30(40)24-27-20-18-26(19-21-27)15-8-7-14-25-12-5-4-6-13-25/h4-6,12-13,18-21,28,37H,7-11,14-17,22-24H2,1-3H3,(H,35,41)(H,36,44)(H,42,43)(H,38,39,40)/p-1/t28-/m0/s1. The molecule has 2 aromatic carbocycles. The third kappa shape index (κ3) is 17.5. The molecule has 0 aliphatic heterocycles. The average Bonchev–Trinajstić information content (AvgIpc) is 2.97. The first-order valence-electron chi connectivity index (χ1n) is 15.6. The lowest BCUT2D eigenvalue weighted by molar-refractivity contribution is -0.251. The third-order valence-electron chi connectivity index (χ3n) is 6.77. The maximum absolute atomic E-state index is 12.5. The van der Waals surface area contributed by atoms with E-state index >= 15 is 0 Å². The number of aryl methyl sites for hydroxylation is 2. The molecule has 0 aromatic heterocycles. The maximum atomic E-state index is 12.5. The Hall–Kier alpha value is -4.41. The Morgan fingerprint density at radius 1 is 0.733 bits per heavy atom. The van der Waals surface area contributed by atoms with Gasteiger partial charge in [-0.1, -0.05) is 54.6 Å². The van der Waals surface area contributed by atoms with Crippen LogP contribution < -0.4 is 26.4 Å². The average molecular weight is 624 g/mol. The van der Waals surface area contributed by atoms with Crippen molar-refractivity contribution in [1.82, 2.24) is 21.3 Å². The minimum atomic E-state index is -1.58. The van der Waals surface area contributed by atoms with Crippen molar-refractivity contribution >= 4 is 29.9 Å². The van der Waals surface area contributed by atoms with E-state index in [1.165, 1.54) is 11.1 Å². The van der Waals surface area contributed by atoms with Crippen LogP contribution in [-0.2, 0) is 38.4 Å². The van der Waals surface area contributed by atoms with E-state index in [0.717, 1.165) is 31.2 Å². The van der Waals surface area contributed by atoms with Gasteiger partial charge >= 0.3 is 6.09 Å². The monoisotopic (exact) mass is 623 g/mol. The molecule has 0 saturated heterocycles. The molecular weight excluding hydrogens is 576 g/mol. The molecule has 0 aliphatic carbocycles. The van der Waals surface area contributed by atoms with Crippen LogP contribution in [0, 0.1) is 0 Å². The molecule has 0 aliphatic rings. The van der Waals surface area contributed by atoms with Crippen LogP contribution in [0.3, 0.4) is 0 Å². The number of rotatable bonds is 18. The second kappa shape index (κ2) is 19.8. The lowest BCUT2D eigenvalue weighted by atomic mass is 10.0. The highest BCUT2D eigenvalue weighted by atomic mass is 16.6. The lowest BCUT2D eigenvalue weighted by Crippen LogP contribution is -2.51. The number of benzene rings is 2. The molecule has 45 heavy (non-hydrogen) atoms. The molecule has 0 unspecified atom stereocenters. The highest BCUT2D eigenvalue weighted by Crippen LogP contribution is 2.11. The van der Waals surface area contributed by atoms with Gasteiger partial charge in [0.15, 0.2) is 0 Å². The van der Waals surface area contributed by atoms with Gasteiger partial charge in [0.05, 0.1) is 6.42 Å². The Morgan fingerprint density at radius 3 is 1.96 bits per heavy atom. The minimum absolute atomic E-state index is 0.0167. The van der Waals surface area contributed by atoms with Crippen molar-refractivity contribution in [1.29, 1.82) is 0 Å². The van der Waals surface area contributed by atoms with Crippen molar-refractivity contribution in [2.75, 3.05) is 13.1 Å². The molecule has 0 spiro atoms. The number of nitrogens with one attached hydrogen (secondary N) is 4. The van der Waals surface area contributed by atoms with Gasteiger partial charge in [-0.3, -0.25) is 19.7 Å². The molecule has 0 fully saturated rings. The minimum Gasteiger partial charge on any atom is -0.530 e. The van der Waals surface area contributed by atoms with E-state index < -0.39 is 41.6 Å². The predicted molar refractivity (Wildman–Crippen MR) is 169 cm³/mol. The zero-order valence-corrected chi connectivity index (χ0v) is 26.6. The largest absolute Gasteiger partial charge is 0.530 e. The number of hydrogen-bond donors (Lipinski definition) is 4. The smallest absolute Gasteiger partial charge is 0.407 e. The second-order valence-corrected chi connectivity index (χ2v) is 12.0. The van der Waals surface area contributed by atoms with Crippen molar-refractivity contribution in [2.24, 2.45) is 0 Å². The number of amides is 5. The predicted octanol–water partition coefficient (Wildman–Crippen LogP) is 3.33. The number of carboxylic acid groups (broad SMARTS) is 1. The van der Waals surface area contributed by atoms with Gasteiger partial charge < -0.3 is 30.6 Å². The van der Waals surface area contributed by atoms with E-state index in [9.17, 15) is 29.1 Å². The highest BCUT2D eigenvalue weighted by Gasteiger charge is 2.19. The number of carbonyl (C=O) groups excluding carboxylic acids is 5. The van der Waals surface area contributed by atoms with Gasteiger partial charge in [0.2, 0.25) is 17.7 Å². The zero-order chi connectivity index (χ0) is 33.1. The van der Waals surface area contributed by atoms with Crippen LogP contribution in [0.4, 0.5) is 9.59 Å². The van der Waals surface area contributed by atoms with E-state index in [0.29, 0.717) is 19.4 Å². The summed E-state index contributed by atoms with van der Waals surface area (Å²) in [5.74, 6) is -1.40. The van der Waals surface area contributed by atoms with Gasteiger partial charge in [-0.25, -0.2) is 4.79 Å². The van der Waals surface area contributed by atoms with Gasteiger partial charge in [-0.15, -0.1) is 0 Å². The van der Waals surface area contributed by atoms with Crippen molar-refractivity contribution in [2.45, 2.75) is 96.6 Å². The molecule has 2 rings (SSSR count). The van der Waals surface area contributed by atoms with E-state index in [1.807, 2.05) is 30.3 Å². The van der Waals surface area contributed by atoms with E-state index in [4.69, 9.17) is 4.74 Å². The van der Waals surface area contributed by atoms with Crippen LogP contribution in [-0.4, -0.2) is 54.6 Å².